The van der Waals surface area contributed by atoms with Crippen molar-refractivity contribution in [3.05, 3.63) is 40.0 Å². The Balaban J connectivity index is 2.22. The Labute approximate surface area is 132 Å². The van der Waals surface area contributed by atoms with Crippen LogP contribution < -0.4 is 10.1 Å². The van der Waals surface area contributed by atoms with Crippen LogP contribution in [0, 0.1) is 0 Å². The van der Waals surface area contributed by atoms with Gasteiger partial charge in [0.1, 0.15) is 5.56 Å². The van der Waals surface area contributed by atoms with Crippen LogP contribution in [-0.4, -0.2) is 22.3 Å². The third-order valence-corrected chi connectivity index (χ3v) is 3.49. The average Bonchev–Trinajstić information content (AvgIpc) is 2.87. The summed E-state index contributed by atoms with van der Waals surface area (Å²) in [6, 6.07) is 4.89. The monoisotopic (exact) mass is 327 g/mol. The Bertz CT molecular complexity index is 656. The number of benzene rings is 1. The van der Waals surface area contributed by atoms with Gasteiger partial charge in [-0.15, -0.1) is 5.10 Å². The third kappa shape index (κ3) is 3.68. The largest absolute Gasteiger partial charge is 0.476 e. The molecule has 0 unspecified atom stereocenters. The van der Waals surface area contributed by atoms with Gasteiger partial charge >= 0.3 is 0 Å². The first-order valence-corrected chi connectivity index (χ1v) is 7.27. The lowest BCUT2D eigenvalue weighted by Gasteiger charge is -2.06. The standard InChI is InChI=1S/C14H15Cl2N3O2/c1-3-19-8-10(14(18-19)21-4-2)13(20)17-9-5-6-11(15)12(16)7-9/h5-8H,3-4H2,1-2H3,(H,17,20). The van der Waals surface area contributed by atoms with Crippen molar-refractivity contribution < 1.29 is 9.53 Å². The molecule has 0 bridgehead atoms. The number of aryl methyl sites for hydroxylation is 1. The summed E-state index contributed by atoms with van der Waals surface area (Å²) >= 11 is 11.8. The number of nitrogens with zero attached hydrogens (tertiary/aromatic N) is 2. The topological polar surface area (TPSA) is 56.2 Å². The molecule has 0 aliphatic heterocycles. The minimum atomic E-state index is -0.309. The van der Waals surface area contributed by atoms with E-state index >= 15 is 0 Å². The van der Waals surface area contributed by atoms with Crippen molar-refractivity contribution >= 4 is 34.8 Å². The zero-order valence-corrected chi connectivity index (χ0v) is 13.2. The molecule has 1 aromatic carbocycles. The molecule has 0 aliphatic rings. The summed E-state index contributed by atoms with van der Waals surface area (Å²) in [5.74, 6) is 0.00782. The second kappa shape index (κ2) is 6.83. The molecule has 0 saturated carbocycles. The van der Waals surface area contributed by atoms with Gasteiger partial charge in [0.15, 0.2) is 0 Å². The molecule has 5 nitrogen and oxygen atoms in total. The van der Waals surface area contributed by atoms with Crippen LogP contribution in [0.15, 0.2) is 24.4 Å². The maximum atomic E-state index is 12.3. The Morgan fingerprint density at radius 3 is 2.71 bits per heavy atom. The fourth-order valence-corrected chi connectivity index (χ4v) is 2.04. The Morgan fingerprint density at radius 1 is 1.33 bits per heavy atom. The molecule has 1 amide bonds. The van der Waals surface area contributed by atoms with E-state index in [1.807, 2.05) is 13.8 Å². The Hall–Kier alpha value is -1.72. The molecule has 0 saturated heterocycles. The zero-order chi connectivity index (χ0) is 15.4. The zero-order valence-electron chi connectivity index (χ0n) is 11.7. The van der Waals surface area contributed by atoms with Crippen molar-refractivity contribution in [2.45, 2.75) is 20.4 Å². The van der Waals surface area contributed by atoms with Gasteiger partial charge < -0.3 is 10.1 Å². The molecule has 2 aromatic rings. The number of anilines is 1. The normalized spacial score (nSPS) is 10.5. The van der Waals surface area contributed by atoms with Gasteiger partial charge in [0.2, 0.25) is 5.88 Å². The summed E-state index contributed by atoms with van der Waals surface area (Å²) in [5, 5.41) is 7.76. The van der Waals surface area contributed by atoms with Crippen LogP contribution in [0.3, 0.4) is 0 Å². The number of nitrogens with one attached hydrogen (secondary N) is 1. The minimum absolute atomic E-state index is 0.309. The lowest BCUT2D eigenvalue weighted by Crippen LogP contribution is -2.12. The number of carbonyl (C=O) groups is 1. The predicted octanol–water partition coefficient (Wildman–Crippen LogP) is 3.86. The van der Waals surface area contributed by atoms with Gasteiger partial charge in [0, 0.05) is 18.4 Å². The van der Waals surface area contributed by atoms with Crippen molar-refractivity contribution in [1.29, 1.82) is 0 Å². The van der Waals surface area contributed by atoms with Gasteiger partial charge in [-0.25, -0.2) is 0 Å². The highest BCUT2D eigenvalue weighted by Crippen LogP contribution is 2.26. The first-order chi connectivity index (χ1) is 10.0. The number of carbonyl (C=O) groups excluding carboxylic acids is 1. The number of hydrogen-bond acceptors (Lipinski definition) is 3. The molecule has 0 fully saturated rings. The van der Waals surface area contributed by atoms with Crippen LogP contribution in [0.2, 0.25) is 10.0 Å². The van der Waals surface area contributed by atoms with Gasteiger partial charge in [0.25, 0.3) is 5.91 Å². The lowest BCUT2D eigenvalue weighted by atomic mass is 10.2. The molecular weight excluding hydrogens is 313 g/mol. The van der Waals surface area contributed by atoms with Crippen LogP contribution >= 0.6 is 23.2 Å². The number of amides is 1. The highest BCUT2D eigenvalue weighted by molar-refractivity contribution is 6.42. The molecule has 0 aliphatic carbocycles. The average molecular weight is 328 g/mol. The number of hydrogen-bond donors (Lipinski definition) is 1. The summed E-state index contributed by atoms with van der Waals surface area (Å²) in [6.45, 7) is 4.86. The predicted molar refractivity (Wildman–Crippen MR) is 83.5 cm³/mol. The number of ether oxygens (including phenoxy) is 1. The molecule has 1 heterocycles. The van der Waals surface area contributed by atoms with Gasteiger partial charge in [-0.2, -0.15) is 0 Å². The van der Waals surface area contributed by atoms with Crippen LogP contribution in [0.25, 0.3) is 0 Å². The molecule has 112 valence electrons. The maximum Gasteiger partial charge on any atom is 0.262 e. The molecule has 0 radical (unpaired) electrons. The van der Waals surface area contributed by atoms with Gasteiger partial charge in [0.05, 0.1) is 16.7 Å². The SMILES string of the molecule is CCOc1nn(CC)cc1C(=O)Nc1ccc(Cl)c(Cl)c1. The molecule has 0 atom stereocenters. The Morgan fingerprint density at radius 2 is 2.10 bits per heavy atom. The van der Waals surface area contributed by atoms with Gasteiger partial charge in [-0.1, -0.05) is 23.2 Å². The molecule has 7 heteroatoms. The molecule has 1 aromatic heterocycles. The van der Waals surface area contributed by atoms with Crippen LogP contribution in [0.1, 0.15) is 24.2 Å². The fraction of sp³-hybridized carbons (Fsp3) is 0.286. The molecular formula is C14H15Cl2N3O2. The minimum Gasteiger partial charge on any atom is -0.476 e. The van der Waals surface area contributed by atoms with E-state index in [9.17, 15) is 4.79 Å². The van der Waals surface area contributed by atoms with Crippen molar-refractivity contribution in [3.63, 3.8) is 0 Å². The van der Waals surface area contributed by atoms with Crippen LogP contribution in [0.5, 0.6) is 5.88 Å². The highest BCUT2D eigenvalue weighted by atomic mass is 35.5. The summed E-state index contributed by atoms with van der Waals surface area (Å²) in [7, 11) is 0. The molecule has 1 N–H and O–H groups in total. The first-order valence-electron chi connectivity index (χ1n) is 6.51. The van der Waals surface area contributed by atoms with E-state index in [2.05, 4.69) is 10.4 Å². The van der Waals surface area contributed by atoms with Crippen molar-refractivity contribution in [2.24, 2.45) is 0 Å². The summed E-state index contributed by atoms with van der Waals surface area (Å²) in [4.78, 5) is 12.3. The fourth-order valence-electron chi connectivity index (χ4n) is 1.74. The number of rotatable bonds is 5. The van der Waals surface area contributed by atoms with E-state index in [-0.39, 0.29) is 5.91 Å². The highest BCUT2D eigenvalue weighted by Gasteiger charge is 2.17. The van der Waals surface area contributed by atoms with Gasteiger partial charge in [-0.3, -0.25) is 9.48 Å². The molecule has 21 heavy (non-hydrogen) atoms. The maximum absolute atomic E-state index is 12.3. The number of halogens is 2. The summed E-state index contributed by atoms with van der Waals surface area (Å²) < 4.78 is 7.03. The second-order valence-electron chi connectivity index (χ2n) is 4.22. The van der Waals surface area contributed by atoms with Crippen molar-refractivity contribution in [2.75, 3.05) is 11.9 Å². The second-order valence-corrected chi connectivity index (χ2v) is 5.03. The van der Waals surface area contributed by atoms with Crippen LogP contribution in [0.4, 0.5) is 5.69 Å². The molecule has 0 spiro atoms. The Kier molecular flexibility index (Phi) is 5.09. The third-order valence-electron chi connectivity index (χ3n) is 2.75. The summed E-state index contributed by atoms with van der Waals surface area (Å²) in [6.07, 6.45) is 1.65. The number of aromatic nitrogens is 2. The van der Waals surface area contributed by atoms with Crippen molar-refractivity contribution in [3.8, 4) is 5.88 Å². The van der Waals surface area contributed by atoms with E-state index < -0.39 is 0 Å². The van der Waals surface area contributed by atoms with E-state index in [4.69, 9.17) is 27.9 Å². The van der Waals surface area contributed by atoms with Gasteiger partial charge in [-0.05, 0) is 32.0 Å². The van der Waals surface area contributed by atoms with E-state index in [1.54, 1.807) is 29.1 Å². The molecule has 2 rings (SSSR count). The van der Waals surface area contributed by atoms with E-state index in [1.165, 1.54) is 0 Å². The van der Waals surface area contributed by atoms with E-state index in [0.717, 1.165) is 0 Å². The lowest BCUT2D eigenvalue weighted by molar-refractivity contribution is 0.102. The quantitative estimate of drug-likeness (QED) is 0.907. The van der Waals surface area contributed by atoms with Crippen molar-refractivity contribution in [1.82, 2.24) is 9.78 Å². The smallest absolute Gasteiger partial charge is 0.262 e. The van der Waals surface area contributed by atoms with E-state index in [0.29, 0.717) is 40.3 Å². The van der Waals surface area contributed by atoms with Crippen LogP contribution in [-0.2, 0) is 6.54 Å². The first kappa shape index (κ1) is 15.7. The summed E-state index contributed by atoms with van der Waals surface area (Å²) in [5.41, 5.74) is 0.936.